The number of rotatable bonds is 17. The molecule has 1 aromatic carbocycles. The summed E-state index contributed by atoms with van der Waals surface area (Å²) >= 11 is 0. The maximum Gasteiger partial charge on any atom is 0.129 e. The van der Waals surface area contributed by atoms with Crippen LogP contribution in [0.3, 0.4) is 0 Å². The third kappa shape index (κ3) is 9.60. The minimum absolute atomic E-state index is 0.249. The van der Waals surface area contributed by atoms with Crippen LogP contribution in [0.25, 0.3) is 0 Å². The van der Waals surface area contributed by atoms with E-state index in [2.05, 4.69) is 34.6 Å². The van der Waals surface area contributed by atoms with Gasteiger partial charge in [0.1, 0.15) is 11.6 Å². The first-order valence-electron chi connectivity index (χ1n) is 12.9. The van der Waals surface area contributed by atoms with Gasteiger partial charge in [-0.1, -0.05) is 98.5 Å². The summed E-state index contributed by atoms with van der Waals surface area (Å²) < 4.78 is 26.8. The molecule has 0 aliphatic heterocycles. The standard InChI is InChI=1S/C28H48F2O/c1-6-7-8-9-10-14-17-25(28(31,22(2)3)23(4)5)18-15-12-11-13-16-24-19-20-26(29)21-27(24)30/h19-23,25,31H,6-18H2,1-5H3. The predicted octanol–water partition coefficient (Wildman–Crippen LogP) is 8.87. The highest BCUT2D eigenvalue weighted by atomic mass is 19.1. The van der Waals surface area contributed by atoms with Crippen LogP contribution in [-0.2, 0) is 6.42 Å². The summed E-state index contributed by atoms with van der Waals surface area (Å²) in [6, 6.07) is 3.87. The van der Waals surface area contributed by atoms with Gasteiger partial charge in [0.25, 0.3) is 0 Å². The van der Waals surface area contributed by atoms with Crippen molar-refractivity contribution in [2.45, 2.75) is 124 Å². The summed E-state index contributed by atoms with van der Waals surface area (Å²) in [4.78, 5) is 0. The fourth-order valence-electron chi connectivity index (χ4n) is 5.17. The van der Waals surface area contributed by atoms with Gasteiger partial charge in [-0.25, -0.2) is 8.78 Å². The van der Waals surface area contributed by atoms with Crippen LogP contribution in [0, 0.1) is 29.4 Å². The zero-order valence-corrected chi connectivity index (χ0v) is 20.9. The average Bonchev–Trinajstić information content (AvgIpc) is 2.71. The fraction of sp³-hybridized carbons (Fsp3) is 0.786. The van der Waals surface area contributed by atoms with Gasteiger partial charge in [-0.3, -0.25) is 0 Å². The molecule has 0 aliphatic carbocycles. The zero-order chi connectivity index (χ0) is 23.3. The highest BCUT2D eigenvalue weighted by Crippen LogP contribution is 2.39. The molecular formula is C28H48F2O. The Morgan fingerprint density at radius 2 is 1.29 bits per heavy atom. The first-order valence-corrected chi connectivity index (χ1v) is 12.9. The third-order valence-corrected chi connectivity index (χ3v) is 7.17. The molecule has 0 saturated carbocycles. The maximum atomic E-state index is 13.8. The van der Waals surface area contributed by atoms with Crippen molar-refractivity contribution in [1.82, 2.24) is 0 Å². The molecule has 0 heterocycles. The molecular weight excluding hydrogens is 390 g/mol. The molecule has 1 nitrogen and oxygen atoms in total. The second kappa shape index (κ2) is 15.0. The van der Waals surface area contributed by atoms with Gasteiger partial charge in [0.15, 0.2) is 0 Å². The Hall–Kier alpha value is -0.960. The molecule has 0 radical (unpaired) electrons. The Labute approximate surface area is 191 Å². The lowest BCUT2D eigenvalue weighted by atomic mass is 9.68. The first kappa shape index (κ1) is 28.1. The number of unbranched alkanes of at least 4 members (excludes halogenated alkanes) is 8. The monoisotopic (exact) mass is 438 g/mol. The highest BCUT2D eigenvalue weighted by Gasteiger charge is 2.41. The van der Waals surface area contributed by atoms with E-state index < -0.39 is 17.2 Å². The van der Waals surface area contributed by atoms with Crippen LogP contribution < -0.4 is 0 Å². The summed E-state index contributed by atoms with van der Waals surface area (Å²) in [6.07, 6.45) is 14.7. The Kier molecular flexibility index (Phi) is 13.6. The number of aliphatic hydroxyl groups is 1. The van der Waals surface area contributed by atoms with Gasteiger partial charge in [0, 0.05) is 6.07 Å². The van der Waals surface area contributed by atoms with Crippen molar-refractivity contribution >= 4 is 0 Å². The molecule has 0 amide bonds. The molecule has 0 spiro atoms. The van der Waals surface area contributed by atoms with E-state index in [1.165, 1.54) is 44.6 Å². The molecule has 1 aromatic rings. The topological polar surface area (TPSA) is 20.2 Å². The third-order valence-electron chi connectivity index (χ3n) is 7.17. The van der Waals surface area contributed by atoms with Gasteiger partial charge < -0.3 is 5.11 Å². The average molecular weight is 439 g/mol. The van der Waals surface area contributed by atoms with Crippen LogP contribution in [0.5, 0.6) is 0 Å². The van der Waals surface area contributed by atoms with E-state index in [-0.39, 0.29) is 11.8 Å². The molecule has 1 atom stereocenters. The lowest BCUT2D eigenvalue weighted by Gasteiger charge is -2.43. The number of hydrogen-bond acceptors (Lipinski definition) is 1. The smallest absolute Gasteiger partial charge is 0.129 e. The molecule has 180 valence electrons. The van der Waals surface area contributed by atoms with Gasteiger partial charge in [0.05, 0.1) is 5.60 Å². The van der Waals surface area contributed by atoms with Crippen molar-refractivity contribution in [2.75, 3.05) is 0 Å². The zero-order valence-electron chi connectivity index (χ0n) is 20.9. The summed E-state index contributed by atoms with van der Waals surface area (Å²) in [6.45, 7) is 10.9. The van der Waals surface area contributed by atoms with Gasteiger partial charge in [-0.05, 0) is 55.1 Å². The molecule has 1 rings (SSSR count). The Bertz CT molecular complexity index is 589. The van der Waals surface area contributed by atoms with Gasteiger partial charge in [-0.15, -0.1) is 0 Å². The quantitative estimate of drug-likeness (QED) is 0.241. The van der Waals surface area contributed by atoms with E-state index in [9.17, 15) is 13.9 Å². The molecule has 3 heteroatoms. The Morgan fingerprint density at radius 3 is 1.81 bits per heavy atom. The van der Waals surface area contributed by atoms with Crippen molar-refractivity contribution in [3.8, 4) is 0 Å². The second-order valence-corrected chi connectivity index (χ2v) is 10.1. The van der Waals surface area contributed by atoms with Crippen LogP contribution in [-0.4, -0.2) is 10.7 Å². The normalized spacial score (nSPS) is 13.4. The Balaban J connectivity index is 2.48. The molecule has 1 N–H and O–H groups in total. The van der Waals surface area contributed by atoms with Crippen LogP contribution >= 0.6 is 0 Å². The van der Waals surface area contributed by atoms with Crippen molar-refractivity contribution in [3.63, 3.8) is 0 Å². The minimum Gasteiger partial charge on any atom is -0.389 e. The largest absolute Gasteiger partial charge is 0.389 e. The molecule has 0 aliphatic rings. The van der Waals surface area contributed by atoms with Crippen molar-refractivity contribution < 1.29 is 13.9 Å². The SMILES string of the molecule is CCCCCCCCC(CCCCCCc1ccc(F)cc1F)C(O)(C(C)C)C(C)C. The van der Waals surface area contributed by atoms with Crippen molar-refractivity contribution in [3.05, 3.63) is 35.4 Å². The fourth-order valence-corrected chi connectivity index (χ4v) is 5.17. The first-order chi connectivity index (χ1) is 14.7. The van der Waals surface area contributed by atoms with E-state index in [0.717, 1.165) is 44.6 Å². The van der Waals surface area contributed by atoms with E-state index in [4.69, 9.17) is 0 Å². The van der Waals surface area contributed by atoms with Crippen LogP contribution in [0.1, 0.15) is 117 Å². The number of benzene rings is 1. The number of hydrogen-bond donors (Lipinski definition) is 1. The van der Waals surface area contributed by atoms with Gasteiger partial charge >= 0.3 is 0 Å². The summed E-state index contributed by atoms with van der Waals surface area (Å²) in [5.41, 5.74) is -0.00274. The van der Waals surface area contributed by atoms with E-state index in [0.29, 0.717) is 17.9 Å². The molecule has 0 bridgehead atoms. The summed E-state index contributed by atoms with van der Waals surface area (Å²) in [7, 11) is 0. The van der Waals surface area contributed by atoms with Crippen LogP contribution in [0.2, 0.25) is 0 Å². The molecule has 0 saturated heterocycles. The van der Waals surface area contributed by atoms with E-state index in [1.807, 2.05) is 0 Å². The predicted molar refractivity (Wildman–Crippen MR) is 129 cm³/mol. The summed E-state index contributed by atoms with van der Waals surface area (Å²) in [5, 5.41) is 11.6. The summed E-state index contributed by atoms with van der Waals surface area (Å²) in [5.74, 6) is -0.107. The van der Waals surface area contributed by atoms with Gasteiger partial charge in [0.2, 0.25) is 0 Å². The van der Waals surface area contributed by atoms with Gasteiger partial charge in [-0.2, -0.15) is 0 Å². The van der Waals surface area contributed by atoms with Crippen LogP contribution in [0.4, 0.5) is 8.78 Å². The molecule has 1 unspecified atom stereocenters. The molecule has 0 aromatic heterocycles. The lowest BCUT2D eigenvalue weighted by molar-refractivity contribution is -0.102. The lowest BCUT2D eigenvalue weighted by Crippen LogP contribution is -2.47. The minimum atomic E-state index is -0.610. The highest BCUT2D eigenvalue weighted by molar-refractivity contribution is 5.18. The number of halogens is 2. The molecule has 0 fully saturated rings. The second-order valence-electron chi connectivity index (χ2n) is 10.1. The van der Waals surface area contributed by atoms with Crippen molar-refractivity contribution in [1.29, 1.82) is 0 Å². The van der Waals surface area contributed by atoms with E-state index >= 15 is 0 Å². The number of aryl methyl sites for hydroxylation is 1. The van der Waals surface area contributed by atoms with Crippen LogP contribution in [0.15, 0.2) is 18.2 Å². The Morgan fingerprint density at radius 1 is 0.774 bits per heavy atom. The molecule has 31 heavy (non-hydrogen) atoms. The maximum absolute atomic E-state index is 13.8. The van der Waals surface area contributed by atoms with Crippen molar-refractivity contribution in [2.24, 2.45) is 17.8 Å². The van der Waals surface area contributed by atoms with E-state index in [1.54, 1.807) is 6.07 Å².